The Bertz CT molecular complexity index is 1040. The van der Waals surface area contributed by atoms with E-state index in [1.807, 2.05) is 33.8 Å². The maximum atomic E-state index is 12.5. The molecule has 3 rings (SSSR count). The molecule has 3 heterocycles. The highest BCUT2D eigenvalue weighted by atomic mass is 32.1. The summed E-state index contributed by atoms with van der Waals surface area (Å²) in [6, 6.07) is 3.31. The molecule has 0 radical (unpaired) electrons. The van der Waals surface area contributed by atoms with E-state index in [4.69, 9.17) is 27.1 Å². The van der Waals surface area contributed by atoms with E-state index in [0.29, 0.717) is 42.5 Å². The molecule has 1 N–H and O–H groups in total. The minimum atomic E-state index is -1.25. The summed E-state index contributed by atoms with van der Waals surface area (Å²) in [7, 11) is 1.65. The first kappa shape index (κ1) is 22.4. The highest BCUT2D eigenvalue weighted by molar-refractivity contribution is 7.81. The fourth-order valence-electron chi connectivity index (χ4n) is 3.67. The lowest BCUT2D eigenvalue weighted by atomic mass is 9.79. The van der Waals surface area contributed by atoms with E-state index in [1.165, 1.54) is 12.3 Å². The summed E-state index contributed by atoms with van der Waals surface area (Å²) in [5.41, 5.74) is 1.65. The molecular formula is C22H28N2O5S. The maximum Gasteiger partial charge on any atom is 0.341 e. The van der Waals surface area contributed by atoms with Crippen molar-refractivity contribution >= 4 is 18.6 Å². The molecular weight excluding hydrogens is 404 g/mol. The average molecular weight is 433 g/mol. The number of aromatic carboxylic acids is 1. The van der Waals surface area contributed by atoms with Crippen molar-refractivity contribution in [2.75, 3.05) is 20.3 Å². The van der Waals surface area contributed by atoms with Gasteiger partial charge in [0.15, 0.2) is 5.43 Å². The molecule has 162 valence electrons. The van der Waals surface area contributed by atoms with Gasteiger partial charge in [0.1, 0.15) is 11.3 Å². The minimum Gasteiger partial charge on any atom is -0.492 e. The van der Waals surface area contributed by atoms with Crippen molar-refractivity contribution < 1.29 is 19.4 Å². The van der Waals surface area contributed by atoms with Crippen molar-refractivity contribution in [3.8, 4) is 17.1 Å². The number of aromatic nitrogens is 2. The molecule has 1 aliphatic heterocycles. The summed E-state index contributed by atoms with van der Waals surface area (Å²) >= 11 is 5.03. The predicted molar refractivity (Wildman–Crippen MR) is 118 cm³/mol. The number of rotatable bonds is 6. The normalized spacial score (nSPS) is 17.9. The van der Waals surface area contributed by atoms with E-state index in [2.05, 4.69) is 0 Å². The highest BCUT2D eigenvalue weighted by Crippen LogP contribution is 2.49. The Labute approximate surface area is 181 Å². The number of pyridine rings is 2. The van der Waals surface area contributed by atoms with E-state index in [-0.39, 0.29) is 11.0 Å². The van der Waals surface area contributed by atoms with E-state index in [1.54, 1.807) is 11.7 Å². The number of ether oxygens (including phenoxy) is 2. The van der Waals surface area contributed by atoms with Gasteiger partial charge in [-0.3, -0.25) is 4.79 Å². The Morgan fingerprint density at radius 2 is 2.03 bits per heavy atom. The molecule has 0 saturated carbocycles. The number of fused-ring (bicyclic) bond motifs is 3. The fourth-order valence-corrected chi connectivity index (χ4v) is 4.01. The molecule has 0 saturated heterocycles. The zero-order valence-corrected chi connectivity index (χ0v) is 18.9. The van der Waals surface area contributed by atoms with Gasteiger partial charge in [-0.05, 0) is 24.0 Å². The Balaban J connectivity index is 2.18. The number of methoxy groups -OCH3 is 1. The van der Waals surface area contributed by atoms with Gasteiger partial charge < -0.3 is 19.1 Å². The lowest BCUT2D eigenvalue weighted by Gasteiger charge is -2.47. The monoisotopic (exact) mass is 432 g/mol. The molecule has 2 aromatic heterocycles. The molecule has 0 spiro atoms. The van der Waals surface area contributed by atoms with Gasteiger partial charge in [-0.2, -0.15) is 12.6 Å². The number of carbonyl (C=O) groups is 1. The predicted octanol–water partition coefficient (Wildman–Crippen LogP) is 3.52. The number of carboxylic acids is 1. The average Bonchev–Trinajstić information content (AvgIpc) is 2.65. The summed E-state index contributed by atoms with van der Waals surface area (Å²) in [6.45, 7) is 9.10. The van der Waals surface area contributed by atoms with Gasteiger partial charge in [0.05, 0.1) is 28.6 Å². The van der Waals surface area contributed by atoms with Crippen LogP contribution in [0.1, 0.15) is 48.8 Å². The van der Waals surface area contributed by atoms with Gasteiger partial charge >= 0.3 is 5.97 Å². The van der Waals surface area contributed by atoms with E-state index >= 15 is 0 Å². The highest BCUT2D eigenvalue weighted by Gasteiger charge is 2.45. The van der Waals surface area contributed by atoms with Crippen LogP contribution in [0, 0.1) is 12.3 Å². The third-order valence-corrected chi connectivity index (χ3v) is 6.60. The zero-order chi connectivity index (χ0) is 22.3. The van der Waals surface area contributed by atoms with Crippen molar-refractivity contribution in [1.82, 2.24) is 9.55 Å². The van der Waals surface area contributed by atoms with Gasteiger partial charge in [-0.1, -0.05) is 20.8 Å². The lowest BCUT2D eigenvalue weighted by Crippen LogP contribution is -2.46. The molecule has 0 fully saturated rings. The van der Waals surface area contributed by atoms with Gasteiger partial charge in [-0.25, -0.2) is 9.78 Å². The molecule has 8 heteroatoms. The molecule has 0 amide bonds. The number of nitrogens with zero attached hydrogens (tertiary/aromatic N) is 2. The van der Waals surface area contributed by atoms with E-state index in [9.17, 15) is 14.7 Å². The number of hydrogen-bond acceptors (Lipinski definition) is 6. The van der Waals surface area contributed by atoms with Crippen LogP contribution in [0.3, 0.4) is 0 Å². The van der Waals surface area contributed by atoms with E-state index in [0.717, 1.165) is 12.0 Å². The summed E-state index contributed by atoms with van der Waals surface area (Å²) in [5, 5.41) is 9.46. The smallest absolute Gasteiger partial charge is 0.341 e. The van der Waals surface area contributed by atoms with Crippen LogP contribution in [0.25, 0.3) is 11.4 Å². The van der Waals surface area contributed by atoms with Crippen molar-refractivity contribution in [3.63, 3.8) is 0 Å². The van der Waals surface area contributed by atoms with Crippen LogP contribution >= 0.6 is 12.6 Å². The first-order valence-corrected chi connectivity index (χ1v) is 10.3. The standard InChI is InChI=1S/C22H28N2O5S/c1-13-18(29-8-6-7-28-5)9-14-11-22(30,21(2,3)4)24-12-15(20(26)27)17(25)10-16(24)19(14)23-13/h9-10,12,30H,6-8,11H2,1-5H3,(H,26,27)/t22-/m0/s1. The zero-order valence-electron chi connectivity index (χ0n) is 18.0. The SMILES string of the molecule is COCCCOc1cc2c(nc1C)-c1cc(=O)c(C(=O)O)cn1[C@@](S)(C(C)(C)C)C2. The summed E-state index contributed by atoms with van der Waals surface area (Å²) < 4.78 is 12.8. The third kappa shape index (κ3) is 3.86. The van der Waals surface area contributed by atoms with Gasteiger partial charge in [0.25, 0.3) is 0 Å². The van der Waals surface area contributed by atoms with Crippen molar-refractivity contribution in [2.45, 2.75) is 45.4 Å². The minimum absolute atomic E-state index is 0.278. The van der Waals surface area contributed by atoms with Gasteiger partial charge in [0.2, 0.25) is 0 Å². The second-order valence-corrected chi connectivity index (χ2v) is 9.37. The number of hydrogen-bond donors (Lipinski definition) is 2. The second kappa shape index (κ2) is 8.07. The molecule has 0 bridgehead atoms. The number of aryl methyl sites for hydroxylation is 1. The Morgan fingerprint density at radius 3 is 2.63 bits per heavy atom. The largest absolute Gasteiger partial charge is 0.492 e. The molecule has 1 aliphatic rings. The van der Waals surface area contributed by atoms with Crippen LogP contribution < -0.4 is 10.2 Å². The third-order valence-electron chi connectivity index (χ3n) is 5.56. The summed E-state index contributed by atoms with van der Waals surface area (Å²) in [4.78, 5) is 28.0. The van der Waals surface area contributed by atoms with Crippen LogP contribution in [-0.2, 0) is 16.0 Å². The fraction of sp³-hybridized carbons (Fsp3) is 0.500. The Hall–Kier alpha value is -2.32. The van der Waals surface area contributed by atoms with Crippen LogP contribution in [-0.4, -0.2) is 41.0 Å². The van der Waals surface area contributed by atoms with Crippen molar-refractivity contribution in [2.24, 2.45) is 5.41 Å². The van der Waals surface area contributed by atoms with Gasteiger partial charge in [-0.15, -0.1) is 0 Å². The van der Waals surface area contributed by atoms with Crippen LogP contribution in [0.2, 0.25) is 0 Å². The van der Waals surface area contributed by atoms with Crippen LogP contribution in [0.5, 0.6) is 5.75 Å². The first-order chi connectivity index (χ1) is 14.0. The first-order valence-electron chi connectivity index (χ1n) is 9.85. The van der Waals surface area contributed by atoms with Crippen molar-refractivity contribution in [3.05, 3.63) is 45.4 Å². The molecule has 7 nitrogen and oxygen atoms in total. The molecule has 30 heavy (non-hydrogen) atoms. The molecule has 0 aliphatic carbocycles. The van der Waals surface area contributed by atoms with E-state index < -0.39 is 16.3 Å². The number of thiol groups is 1. The van der Waals surface area contributed by atoms with Crippen molar-refractivity contribution in [1.29, 1.82) is 0 Å². The summed E-state index contributed by atoms with van der Waals surface area (Å²) in [5.74, 6) is -0.568. The lowest BCUT2D eigenvalue weighted by molar-refractivity contribution is 0.0693. The van der Waals surface area contributed by atoms with Crippen LogP contribution in [0.15, 0.2) is 23.1 Å². The number of carboxylic acid groups (broad SMARTS) is 1. The molecule has 2 aromatic rings. The van der Waals surface area contributed by atoms with Crippen LogP contribution in [0.4, 0.5) is 0 Å². The molecule has 0 unspecified atom stereocenters. The quantitative estimate of drug-likeness (QED) is 0.536. The molecule has 0 aromatic carbocycles. The second-order valence-electron chi connectivity index (χ2n) is 8.63. The topological polar surface area (TPSA) is 90.7 Å². The Kier molecular flexibility index (Phi) is 6.02. The van der Waals surface area contributed by atoms with Gasteiger partial charge in [0, 0.05) is 38.8 Å². The summed E-state index contributed by atoms with van der Waals surface area (Å²) in [6.07, 6.45) is 2.67. The molecule has 1 atom stereocenters. The Morgan fingerprint density at radius 1 is 1.33 bits per heavy atom. The maximum absolute atomic E-state index is 12.5.